The molecule has 0 unspecified atom stereocenters. The lowest BCUT2D eigenvalue weighted by molar-refractivity contribution is 0.0697. The molecular formula is C9H9N3O2. The van der Waals surface area contributed by atoms with Crippen molar-refractivity contribution in [1.29, 1.82) is 0 Å². The molecule has 0 aliphatic rings. The standard InChI is InChI=1S/C5H5N.C4H4N2O2/c1-2-4-6-5-3-1;7-4(8)3-1-5-6-2-3/h1-5H;1-2H,(H,5,6)(H,7,8). The second kappa shape index (κ2) is 5.47. The zero-order valence-corrected chi connectivity index (χ0v) is 7.29. The minimum absolute atomic E-state index is 0.185. The quantitative estimate of drug-likeness (QED) is 0.709. The van der Waals surface area contributed by atoms with Gasteiger partial charge in [-0.05, 0) is 12.1 Å². The lowest BCUT2D eigenvalue weighted by Gasteiger charge is -1.77. The van der Waals surface area contributed by atoms with Crippen molar-refractivity contribution in [1.82, 2.24) is 15.2 Å². The Hall–Kier alpha value is -2.17. The molecule has 0 aliphatic carbocycles. The largest absolute Gasteiger partial charge is 0.478 e. The van der Waals surface area contributed by atoms with E-state index in [4.69, 9.17) is 5.11 Å². The Kier molecular flexibility index (Phi) is 3.87. The first-order valence-electron chi connectivity index (χ1n) is 3.88. The molecule has 0 aromatic carbocycles. The first-order chi connectivity index (χ1) is 6.80. The average Bonchev–Trinajstić information content (AvgIpc) is 2.74. The summed E-state index contributed by atoms with van der Waals surface area (Å²) >= 11 is 0. The first kappa shape index (κ1) is 9.91. The Morgan fingerprint density at radius 1 is 1.29 bits per heavy atom. The number of aromatic amines is 1. The van der Waals surface area contributed by atoms with Gasteiger partial charge < -0.3 is 5.11 Å². The highest BCUT2D eigenvalue weighted by molar-refractivity contribution is 5.86. The van der Waals surface area contributed by atoms with Gasteiger partial charge in [-0.1, -0.05) is 6.07 Å². The maximum atomic E-state index is 10.0. The second-order valence-corrected chi connectivity index (χ2v) is 2.32. The van der Waals surface area contributed by atoms with Crippen LogP contribution in [0.2, 0.25) is 0 Å². The monoisotopic (exact) mass is 191 g/mol. The molecule has 2 heterocycles. The predicted molar refractivity (Wildman–Crippen MR) is 49.8 cm³/mol. The smallest absolute Gasteiger partial charge is 0.338 e. The van der Waals surface area contributed by atoms with E-state index < -0.39 is 5.97 Å². The van der Waals surface area contributed by atoms with Crippen LogP contribution in [0.25, 0.3) is 0 Å². The summed E-state index contributed by atoms with van der Waals surface area (Å²) < 4.78 is 0. The van der Waals surface area contributed by atoms with Crippen LogP contribution in [-0.4, -0.2) is 26.3 Å². The van der Waals surface area contributed by atoms with Crippen LogP contribution in [0.3, 0.4) is 0 Å². The van der Waals surface area contributed by atoms with E-state index in [2.05, 4.69) is 15.2 Å². The molecule has 2 aromatic rings. The van der Waals surface area contributed by atoms with Crippen molar-refractivity contribution in [3.8, 4) is 0 Å². The number of nitrogens with one attached hydrogen (secondary N) is 1. The number of rotatable bonds is 1. The Balaban J connectivity index is 0.000000146. The summed E-state index contributed by atoms with van der Waals surface area (Å²) in [6.45, 7) is 0. The van der Waals surface area contributed by atoms with E-state index in [0.29, 0.717) is 0 Å². The minimum Gasteiger partial charge on any atom is -0.478 e. The maximum absolute atomic E-state index is 10.0. The van der Waals surface area contributed by atoms with Crippen LogP contribution >= 0.6 is 0 Å². The van der Waals surface area contributed by atoms with Gasteiger partial charge in [0.15, 0.2) is 0 Å². The molecule has 5 heteroatoms. The molecule has 72 valence electrons. The van der Waals surface area contributed by atoms with Gasteiger partial charge >= 0.3 is 5.97 Å². The Labute approximate surface area is 80.4 Å². The van der Waals surface area contributed by atoms with Crippen LogP contribution in [-0.2, 0) is 0 Å². The highest BCUT2D eigenvalue weighted by Gasteiger charge is 1.99. The zero-order valence-electron chi connectivity index (χ0n) is 7.29. The van der Waals surface area contributed by atoms with Crippen LogP contribution in [0, 0.1) is 0 Å². The molecule has 0 aliphatic heterocycles. The highest BCUT2D eigenvalue weighted by atomic mass is 16.4. The van der Waals surface area contributed by atoms with Crippen LogP contribution in [0.1, 0.15) is 10.4 Å². The molecule has 5 nitrogen and oxygen atoms in total. The number of pyridine rings is 1. The Morgan fingerprint density at radius 2 is 2.00 bits per heavy atom. The van der Waals surface area contributed by atoms with Gasteiger partial charge in [-0.2, -0.15) is 5.10 Å². The van der Waals surface area contributed by atoms with E-state index in [1.54, 1.807) is 12.4 Å². The molecule has 0 saturated heterocycles. The van der Waals surface area contributed by atoms with Crippen molar-refractivity contribution in [2.45, 2.75) is 0 Å². The van der Waals surface area contributed by atoms with E-state index >= 15 is 0 Å². The van der Waals surface area contributed by atoms with E-state index in [-0.39, 0.29) is 5.56 Å². The number of carboxylic acids is 1. The zero-order chi connectivity index (χ0) is 10.2. The molecule has 0 amide bonds. The molecule has 0 radical (unpaired) electrons. The Morgan fingerprint density at radius 3 is 2.21 bits per heavy atom. The van der Waals surface area contributed by atoms with Crippen LogP contribution in [0.5, 0.6) is 0 Å². The summed E-state index contributed by atoms with van der Waals surface area (Å²) in [6, 6.07) is 5.72. The first-order valence-corrected chi connectivity index (χ1v) is 3.88. The second-order valence-electron chi connectivity index (χ2n) is 2.32. The fourth-order valence-corrected chi connectivity index (χ4v) is 0.680. The summed E-state index contributed by atoms with van der Waals surface area (Å²) in [6.07, 6.45) is 6.07. The van der Waals surface area contributed by atoms with Gasteiger partial charge in [0, 0.05) is 18.6 Å². The van der Waals surface area contributed by atoms with Gasteiger partial charge in [-0.25, -0.2) is 4.79 Å². The number of aromatic nitrogens is 3. The van der Waals surface area contributed by atoms with Crippen molar-refractivity contribution in [2.24, 2.45) is 0 Å². The van der Waals surface area contributed by atoms with Gasteiger partial charge in [0.1, 0.15) is 0 Å². The highest BCUT2D eigenvalue weighted by Crippen LogP contribution is 1.90. The van der Waals surface area contributed by atoms with Crippen LogP contribution < -0.4 is 0 Å². The molecule has 2 rings (SSSR count). The maximum Gasteiger partial charge on any atom is 0.338 e. The lowest BCUT2D eigenvalue weighted by Crippen LogP contribution is -1.91. The molecule has 2 aromatic heterocycles. The summed E-state index contributed by atoms with van der Waals surface area (Å²) in [5, 5.41) is 14.0. The fourth-order valence-electron chi connectivity index (χ4n) is 0.680. The Bertz CT molecular complexity index is 332. The summed E-state index contributed by atoms with van der Waals surface area (Å²) in [5.41, 5.74) is 0.185. The third-order valence-corrected chi connectivity index (χ3v) is 1.31. The molecule has 0 saturated carbocycles. The summed E-state index contributed by atoms with van der Waals surface area (Å²) in [5.74, 6) is -0.959. The van der Waals surface area contributed by atoms with E-state index in [1.807, 2.05) is 18.2 Å². The van der Waals surface area contributed by atoms with Gasteiger partial charge in [0.05, 0.1) is 11.8 Å². The van der Waals surface area contributed by atoms with Crippen molar-refractivity contribution >= 4 is 5.97 Å². The normalized spacial score (nSPS) is 8.57. The molecule has 2 N–H and O–H groups in total. The topological polar surface area (TPSA) is 78.9 Å². The molecule has 0 atom stereocenters. The molecule has 14 heavy (non-hydrogen) atoms. The molecule has 0 bridgehead atoms. The van der Waals surface area contributed by atoms with Crippen LogP contribution in [0.4, 0.5) is 0 Å². The summed E-state index contributed by atoms with van der Waals surface area (Å²) in [7, 11) is 0. The molecule has 0 spiro atoms. The molecular weight excluding hydrogens is 182 g/mol. The van der Waals surface area contributed by atoms with Crippen LogP contribution in [0.15, 0.2) is 43.0 Å². The SMILES string of the molecule is O=C(O)c1cn[nH]c1.c1ccncc1. The fraction of sp³-hybridized carbons (Fsp3) is 0. The van der Waals surface area contributed by atoms with Gasteiger partial charge in [-0.15, -0.1) is 0 Å². The number of H-pyrrole nitrogens is 1. The van der Waals surface area contributed by atoms with Gasteiger partial charge in [-0.3, -0.25) is 10.1 Å². The minimum atomic E-state index is -0.959. The van der Waals surface area contributed by atoms with E-state index in [9.17, 15) is 4.79 Å². The lowest BCUT2D eigenvalue weighted by atomic mass is 10.4. The van der Waals surface area contributed by atoms with Gasteiger partial charge in [0.25, 0.3) is 0 Å². The van der Waals surface area contributed by atoms with E-state index in [1.165, 1.54) is 12.4 Å². The predicted octanol–water partition coefficient (Wildman–Crippen LogP) is 1.19. The third kappa shape index (κ3) is 3.48. The average molecular weight is 191 g/mol. The van der Waals surface area contributed by atoms with Crippen molar-refractivity contribution in [2.75, 3.05) is 0 Å². The molecule has 0 fully saturated rings. The number of hydrogen-bond donors (Lipinski definition) is 2. The number of nitrogens with zero attached hydrogens (tertiary/aromatic N) is 2. The number of carbonyl (C=O) groups is 1. The number of carboxylic acid groups (broad SMARTS) is 1. The van der Waals surface area contributed by atoms with Crippen molar-refractivity contribution in [3.05, 3.63) is 48.5 Å². The van der Waals surface area contributed by atoms with Crippen molar-refractivity contribution in [3.63, 3.8) is 0 Å². The number of hydrogen-bond acceptors (Lipinski definition) is 3. The summed E-state index contributed by atoms with van der Waals surface area (Å²) in [4.78, 5) is 13.8. The third-order valence-electron chi connectivity index (χ3n) is 1.31. The van der Waals surface area contributed by atoms with Crippen molar-refractivity contribution < 1.29 is 9.90 Å². The van der Waals surface area contributed by atoms with E-state index in [0.717, 1.165) is 0 Å². The van der Waals surface area contributed by atoms with Gasteiger partial charge in [0.2, 0.25) is 0 Å². The number of aromatic carboxylic acids is 1.